The molecule has 2 atom stereocenters. The number of allylic oxidation sites excluding steroid dienone is 2. The quantitative estimate of drug-likeness (QED) is 0.619. The van der Waals surface area contributed by atoms with Gasteiger partial charge >= 0.3 is 0 Å². The molecule has 7 nitrogen and oxygen atoms in total. The number of thiazole rings is 1. The van der Waals surface area contributed by atoms with Gasteiger partial charge < -0.3 is 10.1 Å². The van der Waals surface area contributed by atoms with Gasteiger partial charge in [0, 0.05) is 10.9 Å². The summed E-state index contributed by atoms with van der Waals surface area (Å²) in [7, 11) is 1.60. The SMILES string of the molecule is COc1ccc(-c2csc(NC(=O)CN3C(=O)[C@H]4CC=CC[C@@H]4C3=O)n2)cc1. The molecule has 1 aromatic carbocycles. The molecule has 3 amide bonds. The minimum atomic E-state index is -0.427. The number of rotatable bonds is 5. The lowest BCUT2D eigenvalue weighted by molar-refractivity contribution is -0.142. The van der Waals surface area contributed by atoms with E-state index in [4.69, 9.17) is 4.74 Å². The summed E-state index contributed by atoms with van der Waals surface area (Å²) in [6.07, 6.45) is 4.97. The largest absolute Gasteiger partial charge is 0.497 e. The lowest BCUT2D eigenvalue weighted by Gasteiger charge is -2.14. The van der Waals surface area contributed by atoms with E-state index in [1.54, 1.807) is 7.11 Å². The lowest BCUT2D eigenvalue weighted by atomic mass is 9.85. The van der Waals surface area contributed by atoms with E-state index in [9.17, 15) is 14.4 Å². The number of carbonyl (C=O) groups excluding carboxylic acids is 3. The topological polar surface area (TPSA) is 88.6 Å². The van der Waals surface area contributed by atoms with Crippen LogP contribution in [-0.2, 0) is 14.4 Å². The molecule has 2 heterocycles. The Bertz CT molecular complexity index is 925. The normalized spacial score (nSPS) is 21.0. The Morgan fingerprint density at radius 2 is 1.82 bits per heavy atom. The number of likely N-dealkylation sites (tertiary alicyclic amines) is 1. The van der Waals surface area contributed by atoms with Gasteiger partial charge in [0.1, 0.15) is 12.3 Å². The van der Waals surface area contributed by atoms with Crippen LogP contribution in [0.1, 0.15) is 12.8 Å². The van der Waals surface area contributed by atoms with Crippen molar-refractivity contribution in [1.82, 2.24) is 9.88 Å². The van der Waals surface area contributed by atoms with Crippen LogP contribution in [0.3, 0.4) is 0 Å². The number of anilines is 1. The first-order valence-electron chi connectivity index (χ1n) is 8.97. The van der Waals surface area contributed by atoms with Crippen LogP contribution >= 0.6 is 11.3 Å². The van der Waals surface area contributed by atoms with E-state index in [1.807, 2.05) is 41.8 Å². The van der Waals surface area contributed by atoms with Crippen molar-refractivity contribution in [3.8, 4) is 17.0 Å². The molecule has 1 aliphatic heterocycles. The number of nitrogens with zero attached hydrogens (tertiary/aromatic N) is 2. The predicted octanol–water partition coefficient (Wildman–Crippen LogP) is 2.71. The molecule has 0 saturated carbocycles. The first-order valence-corrected chi connectivity index (χ1v) is 9.85. The molecular formula is C20H19N3O4S. The first kappa shape index (κ1) is 18.4. The fourth-order valence-electron chi connectivity index (χ4n) is 3.55. The molecule has 1 aliphatic carbocycles. The molecule has 1 fully saturated rings. The van der Waals surface area contributed by atoms with Crippen molar-refractivity contribution in [2.75, 3.05) is 19.0 Å². The van der Waals surface area contributed by atoms with Gasteiger partial charge in [-0.25, -0.2) is 4.98 Å². The van der Waals surface area contributed by atoms with Gasteiger partial charge in [0.2, 0.25) is 17.7 Å². The monoisotopic (exact) mass is 397 g/mol. The summed E-state index contributed by atoms with van der Waals surface area (Å²) < 4.78 is 5.14. The molecule has 2 aliphatic rings. The summed E-state index contributed by atoms with van der Waals surface area (Å²) in [6, 6.07) is 7.45. The molecule has 1 aromatic heterocycles. The zero-order chi connectivity index (χ0) is 19.7. The van der Waals surface area contributed by atoms with Crippen LogP contribution < -0.4 is 10.1 Å². The van der Waals surface area contributed by atoms with Crippen LogP contribution in [0.4, 0.5) is 5.13 Å². The highest BCUT2D eigenvalue weighted by molar-refractivity contribution is 7.14. The minimum Gasteiger partial charge on any atom is -0.497 e. The summed E-state index contributed by atoms with van der Waals surface area (Å²) in [5.41, 5.74) is 1.63. The smallest absolute Gasteiger partial charge is 0.246 e. The average molecular weight is 397 g/mol. The summed E-state index contributed by atoms with van der Waals surface area (Å²) >= 11 is 1.29. The van der Waals surface area contributed by atoms with Crippen LogP contribution in [-0.4, -0.2) is 41.3 Å². The number of methoxy groups -OCH3 is 1. The number of hydrogen-bond donors (Lipinski definition) is 1. The maximum Gasteiger partial charge on any atom is 0.246 e. The Morgan fingerprint density at radius 3 is 2.43 bits per heavy atom. The highest BCUT2D eigenvalue weighted by atomic mass is 32.1. The second-order valence-corrected chi connectivity index (χ2v) is 7.59. The number of carbonyl (C=O) groups is 3. The zero-order valence-corrected chi connectivity index (χ0v) is 16.1. The third kappa shape index (κ3) is 3.43. The number of aromatic nitrogens is 1. The van der Waals surface area contributed by atoms with E-state index < -0.39 is 5.91 Å². The molecule has 4 rings (SSSR count). The van der Waals surface area contributed by atoms with Gasteiger partial charge in [0.15, 0.2) is 5.13 Å². The van der Waals surface area contributed by atoms with Crippen molar-refractivity contribution in [2.45, 2.75) is 12.8 Å². The van der Waals surface area contributed by atoms with Gasteiger partial charge in [-0.3, -0.25) is 19.3 Å². The van der Waals surface area contributed by atoms with Crippen LogP contribution in [0.5, 0.6) is 5.75 Å². The van der Waals surface area contributed by atoms with Crippen LogP contribution in [0, 0.1) is 11.8 Å². The highest BCUT2D eigenvalue weighted by Crippen LogP contribution is 2.35. The standard InChI is InChI=1S/C20H19N3O4S/c1-27-13-8-6-12(7-9-13)16-11-28-20(21-16)22-17(24)10-23-18(25)14-4-2-3-5-15(14)19(23)26/h2-3,6-9,11,14-15H,4-5,10H2,1H3,(H,21,22,24)/t14-,15-/m0/s1. The van der Waals surface area contributed by atoms with Crippen LogP contribution in [0.25, 0.3) is 11.3 Å². The maximum atomic E-state index is 12.4. The van der Waals surface area contributed by atoms with Gasteiger partial charge in [0.05, 0.1) is 24.6 Å². The van der Waals surface area contributed by atoms with Gasteiger partial charge in [-0.2, -0.15) is 0 Å². The lowest BCUT2D eigenvalue weighted by Crippen LogP contribution is -2.38. The zero-order valence-electron chi connectivity index (χ0n) is 15.3. The maximum absolute atomic E-state index is 12.4. The molecule has 28 heavy (non-hydrogen) atoms. The number of benzene rings is 1. The number of nitrogens with one attached hydrogen (secondary N) is 1. The number of amides is 3. The van der Waals surface area contributed by atoms with Crippen LogP contribution in [0.2, 0.25) is 0 Å². The van der Waals surface area contributed by atoms with Gasteiger partial charge in [-0.15, -0.1) is 11.3 Å². The molecular weight excluding hydrogens is 378 g/mol. The third-order valence-corrected chi connectivity index (χ3v) is 5.79. The number of imide groups is 1. The third-order valence-electron chi connectivity index (χ3n) is 5.04. The number of fused-ring (bicyclic) bond motifs is 1. The van der Waals surface area contributed by atoms with Gasteiger partial charge in [-0.05, 0) is 37.1 Å². The van der Waals surface area contributed by atoms with E-state index in [1.165, 1.54) is 11.3 Å². The Morgan fingerprint density at radius 1 is 1.18 bits per heavy atom. The van der Waals surface area contributed by atoms with Gasteiger partial charge in [0.25, 0.3) is 0 Å². The number of hydrogen-bond acceptors (Lipinski definition) is 6. The predicted molar refractivity (Wildman–Crippen MR) is 105 cm³/mol. The van der Waals surface area contributed by atoms with Crippen molar-refractivity contribution < 1.29 is 19.1 Å². The van der Waals surface area contributed by atoms with Crippen molar-refractivity contribution in [1.29, 1.82) is 0 Å². The molecule has 1 saturated heterocycles. The average Bonchev–Trinajstić information content (AvgIpc) is 3.27. The Hall–Kier alpha value is -3.00. The van der Waals surface area contributed by atoms with E-state index in [-0.39, 0.29) is 30.2 Å². The van der Waals surface area contributed by atoms with E-state index in [2.05, 4.69) is 10.3 Å². The van der Waals surface area contributed by atoms with Crippen LogP contribution in [0.15, 0.2) is 41.8 Å². The van der Waals surface area contributed by atoms with E-state index >= 15 is 0 Å². The molecule has 0 radical (unpaired) electrons. The molecule has 144 valence electrons. The molecule has 0 unspecified atom stereocenters. The molecule has 8 heteroatoms. The molecule has 1 N–H and O–H groups in total. The highest BCUT2D eigenvalue weighted by Gasteiger charge is 2.47. The molecule has 0 spiro atoms. The number of ether oxygens (including phenoxy) is 1. The minimum absolute atomic E-state index is 0.257. The summed E-state index contributed by atoms with van der Waals surface area (Å²) in [5.74, 6) is -0.842. The first-order chi connectivity index (χ1) is 13.6. The fraction of sp³-hybridized carbons (Fsp3) is 0.300. The van der Waals surface area contributed by atoms with E-state index in [0.29, 0.717) is 18.0 Å². The van der Waals surface area contributed by atoms with Gasteiger partial charge in [-0.1, -0.05) is 12.2 Å². The molecule has 0 bridgehead atoms. The summed E-state index contributed by atoms with van der Waals surface area (Å²) in [5, 5.41) is 4.95. The summed E-state index contributed by atoms with van der Waals surface area (Å²) in [6.45, 7) is -0.276. The Balaban J connectivity index is 1.40. The van der Waals surface area contributed by atoms with Crippen molar-refractivity contribution in [2.24, 2.45) is 11.8 Å². The van der Waals surface area contributed by atoms with Crippen molar-refractivity contribution >= 4 is 34.2 Å². The second kappa shape index (κ2) is 7.55. The second-order valence-electron chi connectivity index (χ2n) is 6.73. The van der Waals surface area contributed by atoms with Crippen molar-refractivity contribution in [3.05, 3.63) is 41.8 Å². The fourth-order valence-corrected chi connectivity index (χ4v) is 4.29. The Labute approximate surface area is 166 Å². The van der Waals surface area contributed by atoms with E-state index in [0.717, 1.165) is 21.9 Å². The summed E-state index contributed by atoms with van der Waals surface area (Å²) in [4.78, 5) is 42.8. The molecule has 2 aromatic rings. The Kier molecular flexibility index (Phi) is 4.95. The van der Waals surface area contributed by atoms with Crippen molar-refractivity contribution in [3.63, 3.8) is 0 Å².